The quantitative estimate of drug-likeness (QED) is 0.550. The zero-order chi connectivity index (χ0) is 8.97. The van der Waals surface area contributed by atoms with Crippen molar-refractivity contribution in [1.82, 2.24) is 0 Å². The summed E-state index contributed by atoms with van der Waals surface area (Å²) >= 11 is 0. The molecule has 1 aliphatic carbocycles. The van der Waals surface area contributed by atoms with Gasteiger partial charge in [-0.1, -0.05) is 36.3 Å². The van der Waals surface area contributed by atoms with Crippen molar-refractivity contribution in [2.45, 2.75) is 40.0 Å². The van der Waals surface area contributed by atoms with Crippen molar-refractivity contribution in [2.24, 2.45) is 0 Å². The van der Waals surface area contributed by atoms with Crippen LogP contribution in [0, 0.1) is 0 Å². The number of allylic oxidation sites excluding steroid dienone is 6. The van der Waals surface area contributed by atoms with Crippen LogP contribution in [0.5, 0.6) is 0 Å². The molecule has 0 amide bonds. The van der Waals surface area contributed by atoms with Crippen molar-refractivity contribution in [3.63, 3.8) is 0 Å². The van der Waals surface area contributed by atoms with Gasteiger partial charge in [0, 0.05) is 0 Å². The summed E-state index contributed by atoms with van der Waals surface area (Å²) < 4.78 is 0. The molecule has 1 rings (SSSR count). The number of hydrogen-bond acceptors (Lipinski definition) is 0. The zero-order valence-corrected chi connectivity index (χ0v) is 8.35. The summed E-state index contributed by atoms with van der Waals surface area (Å²) in [7, 11) is 0. The maximum Gasteiger partial charge on any atom is -0.00980 e. The van der Waals surface area contributed by atoms with E-state index in [1.165, 1.54) is 18.4 Å². The Balaban J connectivity index is 2.61. The molecule has 0 aromatic carbocycles. The Morgan fingerprint density at radius 3 is 2.75 bits per heavy atom. The maximum atomic E-state index is 2.37. The van der Waals surface area contributed by atoms with E-state index in [-0.39, 0.29) is 0 Å². The predicted octanol–water partition coefficient (Wildman–Crippen LogP) is 4.01. The highest BCUT2D eigenvalue weighted by Crippen LogP contribution is 2.28. The second kappa shape index (κ2) is 4.30. The lowest BCUT2D eigenvalue weighted by Crippen LogP contribution is -1.76. The molecule has 0 unspecified atom stereocenters. The van der Waals surface area contributed by atoms with Gasteiger partial charge in [-0.25, -0.2) is 0 Å². The molecule has 0 aromatic heterocycles. The van der Waals surface area contributed by atoms with Crippen molar-refractivity contribution in [3.05, 3.63) is 34.9 Å². The third kappa shape index (κ3) is 2.10. The fourth-order valence-electron chi connectivity index (χ4n) is 1.58. The average molecular weight is 162 g/mol. The second-order valence-electron chi connectivity index (χ2n) is 3.41. The predicted molar refractivity (Wildman–Crippen MR) is 55.1 cm³/mol. The van der Waals surface area contributed by atoms with Crippen molar-refractivity contribution in [2.75, 3.05) is 0 Å². The highest BCUT2D eigenvalue weighted by Gasteiger charge is 2.09. The third-order valence-electron chi connectivity index (χ3n) is 2.45. The molecule has 0 aliphatic heterocycles. The summed E-state index contributed by atoms with van der Waals surface area (Å²) in [5.74, 6) is 0. The van der Waals surface area contributed by atoms with Gasteiger partial charge in [0.25, 0.3) is 0 Å². The van der Waals surface area contributed by atoms with Crippen LogP contribution in [0.2, 0.25) is 0 Å². The van der Waals surface area contributed by atoms with E-state index < -0.39 is 0 Å². The fourth-order valence-corrected chi connectivity index (χ4v) is 1.58. The third-order valence-corrected chi connectivity index (χ3v) is 2.45. The first kappa shape index (κ1) is 9.31. The topological polar surface area (TPSA) is 0 Å². The lowest BCUT2D eigenvalue weighted by atomic mass is 10.1. The Labute approximate surface area is 75.7 Å². The summed E-state index contributed by atoms with van der Waals surface area (Å²) in [6.07, 6.45) is 10.3. The SMILES string of the molecule is CC=CCC1=C(C)CC(CC)=C1. The molecule has 0 radical (unpaired) electrons. The Morgan fingerprint density at radius 2 is 2.25 bits per heavy atom. The highest BCUT2D eigenvalue weighted by atomic mass is 14.1. The monoisotopic (exact) mass is 162 g/mol. The molecule has 0 heteroatoms. The van der Waals surface area contributed by atoms with Gasteiger partial charge in [-0.3, -0.25) is 0 Å². The molecule has 66 valence electrons. The minimum Gasteiger partial charge on any atom is -0.0913 e. The molecule has 0 nitrogen and oxygen atoms in total. The van der Waals surface area contributed by atoms with Crippen molar-refractivity contribution >= 4 is 0 Å². The molecule has 0 atom stereocenters. The molecular formula is C12H18. The molecule has 0 saturated heterocycles. The van der Waals surface area contributed by atoms with Crippen LogP contribution in [-0.4, -0.2) is 0 Å². The van der Waals surface area contributed by atoms with E-state index in [1.807, 2.05) is 0 Å². The molecule has 1 aliphatic rings. The summed E-state index contributed by atoms with van der Waals surface area (Å²) in [5.41, 5.74) is 4.68. The van der Waals surface area contributed by atoms with Crippen LogP contribution < -0.4 is 0 Å². The first-order valence-electron chi connectivity index (χ1n) is 4.77. The van der Waals surface area contributed by atoms with Gasteiger partial charge >= 0.3 is 0 Å². The number of hydrogen-bond donors (Lipinski definition) is 0. The van der Waals surface area contributed by atoms with Gasteiger partial charge < -0.3 is 0 Å². The van der Waals surface area contributed by atoms with E-state index in [4.69, 9.17) is 0 Å². The van der Waals surface area contributed by atoms with Crippen LogP contribution >= 0.6 is 0 Å². The maximum absolute atomic E-state index is 2.37. The minimum absolute atomic E-state index is 1.12. The standard InChI is InChI=1S/C12H18/c1-4-6-7-12-9-11(5-2)8-10(12)3/h4,6,9H,5,7-8H2,1-3H3. The largest absolute Gasteiger partial charge is 0.0913 e. The van der Waals surface area contributed by atoms with Gasteiger partial charge in [0.15, 0.2) is 0 Å². The average Bonchev–Trinajstić information content (AvgIpc) is 2.43. The van der Waals surface area contributed by atoms with Crippen molar-refractivity contribution in [3.8, 4) is 0 Å². The first-order chi connectivity index (χ1) is 5.77. The van der Waals surface area contributed by atoms with Gasteiger partial charge in [-0.05, 0) is 38.7 Å². The van der Waals surface area contributed by atoms with E-state index >= 15 is 0 Å². The van der Waals surface area contributed by atoms with E-state index in [9.17, 15) is 0 Å². The van der Waals surface area contributed by atoms with E-state index in [0.717, 1.165) is 6.42 Å². The van der Waals surface area contributed by atoms with Gasteiger partial charge in [0.05, 0.1) is 0 Å². The lowest BCUT2D eigenvalue weighted by molar-refractivity contribution is 1.01. The smallest absolute Gasteiger partial charge is 0.00980 e. The van der Waals surface area contributed by atoms with E-state index in [1.54, 1.807) is 11.1 Å². The minimum atomic E-state index is 1.12. The van der Waals surface area contributed by atoms with Gasteiger partial charge in [0.2, 0.25) is 0 Å². The first-order valence-corrected chi connectivity index (χ1v) is 4.77. The van der Waals surface area contributed by atoms with Gasteiger partial charge in [0.1, 0.15) is 0 Å². The Bertz CT molecular complexity index is 239. The van der Waals surface area contributed by atoms with Crippen molar-refractivity contribution < 1.29 is 0 Å². The number of rotatable bonds is 3. The van der Waals surface area contributed by atoms with Gasteiger partial charge in [-0.2, -0.15) is 0 Å². The Morgan fingerprint density at radius 1 is 1.50 bits per heavy atom. The normalized spacial score (nSPS) is 17.8. The summed E-state index contributed by atoms with van der Waals surface area (Å²) in [4.78, 5) is 0. The Hall–Kier alpha value is -0.780. The van der Waals surface area contributed by atoms with E-state index in [2.05, 4.69) is 39.0 Å². The molecule has 0 spiro atoms. The molecule has 0 fully saturated rings. The fraction of sp³-hybridized carbons (Fsp3) is 0.500. The van der Waals surface area contributed by atoms with Crippen LogP contribution in [0.15, 0.2) is 34.9 Å². The van der Waals surface area contributed by atoms with Crippen LogP contribution in [0.25, 0.3) is 0 Å². The van der Waals surface area contributed by atoms with Crippen LogP contribution in [-0.2, 0) is 0 Å². The van der Waals surface area contributed by atoms with Crippen molar-refractivity contribution in [1.29, 1.82) is 0 Å². The van der Waals surface area contributed by atoms with E-state index in [0.29, 0.717) is 0 Å². The summed E-state index contributed by atoms with van der Waals surface area (Å²) in [6.45, 7) is 6.56. The molecule has 0 aromatic rings. The van der Waals surface area contributed by atoms with Crippen LogP contribution in [0.1, 0.15) is 40.0 Å². The van der Waals surface area contributed by atoms with Crippen LogP contribution in [0.4, 0.5) is 0 Å². The molecule has 12 heavy (non-hydrogen) atoms. The second-order valence-corrected chi connectivity index (χ2v) is 3.41. The molecular weight excluding hydrogens is 144 g/mol. The van der Waals surface area contributed by atoms with Crippen LogP contribution in [0.3, 0.4) is 0 Å². The zero-order valence-electron chi connectivity index (χ0n) is 8.35. The lowest BCUT2D eigenvalue weighted by Gasteiger charge is -1.96. The molecule has 0 bridgehead atoms. The highest BCUT2D eigenvalue weighted by molar-refractivity contribution is 5.39. The van der Waals surface area contributed by atoms with Gasteiger partial charge in [-0.15, -0.1) is 0 Å². The Kier molecular flexibility index (Phi) is 3.33. The molecule has 0 heterocycles. The summed E-state index contributed by atoms with van der Waals surface area (Å²) in [6, 6.07) is 0. The molecule has 0 N–H and O–H groups in total. The summed E-state index contributed by atoms with van der Waals surface area (Å²) in [5, 5.41) is 0. The molecule has 0 saturated carbocycles.